The van der Waals surface area contributed by atoms with Crippen molar-refractivity contribution >= 4 is 0 Å². The molecule has 0 radical (unpaired) electrons. The number of ether oxygens (including phenoxy) is 2. The molecule has 96 valence electrons. The molecule has 0 saturated heterocycles. The van der Waals surface area contributed by atoms with Gasteiger partial charge in [0, 0.05) is 6.20 Å². The lowest BCUT2D eigenvalue weighted by atomic mass is 10.3. The zero-order chi connectivity index (χ0) is 13.5. The fraction of sp³-hybridized carbons (Fsp3) is 0.214. The van der Waals surface area contributed by atoms with Crippen LogP contribution in [-0.2, 0) is 0 Å². The van der Waals surface area contributed by atoms with E-state index >= 15 is 0 Å². The monoisotopic (exact) mass is 255 g/mol. The molecule has 19 heavy (non-hydrogen) atoms. The van der Waals surface area contributed by atoms with Gasteiger partial charge in [-0.3, -0.25) is 0 Å². The van der Waals surface area contributed by atoms with Gasteiger partial charge < -0.3 is 9.47 Å². The normalized spacial score (nSPS) is 9.68. The highest BCUT2D eigenvalue weighted by Crippen LogP contribution is 2.29. The summed E-state index contributed by atoms with van der Waals surface area (Å²) in [5, 5.41) is 8.78. The van der Waals surface area contributed by atoms with Crippen molar-refractivity contribution in [2.24, 2.45) is 0 Å². The topological polar surface area (TPSA) is 68.0 Å². The van der Waals surface area contributed by atoms with Crippen LogP contribution >= 0.6 is 0 Å². The molecule has 0 N–H and O–H groups in total. The molecule has 2 rings (SSSR count). The average Bonchev–Trinajstić information content (AvgIpc) is 2.46. The van der Waals surface area contributed by atoms with E-state index < -0.39 is 0 Å². The van der Waals surface area contributed by atoms with Gasteiger partial charge in [0.05, 0.1) is 6.61 Å². The Morgan fingerprint density at radius 3 is 2.74 bits per heavy atom. The van der Waals surface area contributed by atoms with E-state index in [4.69, 9.17) is 14.7 Å². The minimum Gasteiger partial charge on any atom is -0.490 e. The van der Waals surface area contributed by atoms with Gasteiger partial charge in [-0.2, -0.15) is 10.2 Å². The van der Waals surface area contributed by atoms with Crippen molar-refractivity contribution in [2.45, 2.75) is 13.3 Å². The van der Waals surface area contributed by atoms with E-state index in [9.17, 15) is 0 Å². The predicted octanol–water partition coefficient (Wildman–Crippen LogP) is 2.93. The largest absolute Gasteiger partial charge is 0.490 e. The van der Waals surface area contributed by atoms with Gasteiger partial charge in [0.25, 0.3) is 0 Å². The first kappa shape index (κ1) is 12.8. The molecular formula is C14H13N3O2. The average molecular weight is 255 g/mol. The minimum absolute atomic E-state index is 0.131. The van der Waals surface area contributed by atoms with Crippen molar-refractivity contribution in [3.63, 3.8) is 0 Å². The standard InChI is InChI=1S/C14H13N3O2/c1-2-9-18-12-5-3-4-6-13(12)19-14-16-8-7-11(10-15)17-14/h3-8H,2,9H2,1H3. The van der Waals surface area contributed by atoms with Gasteiger partial charge in [0.1, 0.15) is 11.8 Å². The van der Waals surface area contributed by atoms with Crippen LogP contribution in [0.5, 0.6) is 17.5 Å². The first-order valence-electron chi connectivity index (χ1n) is 5.96. The lowest BCUT2D eigenvalue weighted by Crippen LogP contribution is -1.99. The molecule has 5 heteroatoms. The van der Waals surface area contributed by atoms with Gasteiger partial charge in [-0.05, 0) is 24.6 Å². The Kier molecular flexibility index (Phi) is 4.29. The quantitative estimate of drug-likeness (QED) is 0.821. The summed E-state index contributed by atoms with van der Waals surface area (Å²) in [5.74, 6) is 1.17. The smallest absolute Gasteiger partial charge is 0.323 e. The molecule has 0 spiro atoms. The maximum atomic E-state index is 8.78. The van der Waals surface area contributed by atoms with Crippen molar-refractivity contribution in [1.82, 2.24) is 9.97 Å². The molecule has 2 aromatic rings. The Labute approximate surface area is 111 Å². The highest BCUT2D eigenvalue weighted by atomic mass is 16.5. The van der Waals surface area contributed by atoms with Crippen LogP contribution in [0.3, 0.4) is 0 Å². The van der Waals surface area contributed by atoms with Gasteiger partial charge in [0.2, 0.25) is 0 Å². The molecule has 0 unspecified atom stereocenters. The second-order valence-corrected chi connectivity index (χ2v) is 3.73. The van der Waals surface area contributed by atoms with E-state index in [0.717, 1.165) is 6.42 Å². The summed E-state index contributed by atoms with van der Waals surface area (Å²) in [7, 11) is 0. The maximum Gasteiger partial charge on any atom is 0.323 e. The third kappa shape index (κ3) is 3.42. The number of nitrogens with zero attached hydrogens (tertiary/aromatic N) is 3. The number of aromatic nitrogens is 2. The van der Waals surface area contributed by atoms with Gasteiger partial charge >= 0.3 is 6.01 Å². The summed E-state index contributed by atoms with van der Waals surface area (Å²) in [5.41, 5.74) is 0.261. The van der Waals surface area contributed by atoms with Gasteiger partial charge in [-0.25, -0.2) is 4.98 Å². The zero-order valence-electron chi connectivity index (χ0n) is 10.5. The fourth-order valence-electron chi connectivity index (χ4n) is 1.42. The van der Waals surface area contributed by atoms with Crippen LogP contribution in [0.4, 0.5) is 0 Å². The highest BCUT2D eigenvalue weighted by Gasteiger charge is 2.07. The summed E-state index contributed by atoms with van der Waals surface area (Å²) in [6.07, 6.45) is 2.39. The zero-order valence-corrected chi connectivity index (χ0v) is 10.5. The summed E-state index contributed by atoms with van der Waals surface area (Å²) >= 11 is 0. The number of para-hydroxylation sites is 2. The second kappa shape index (κ2) is 6.36. The van der Waals surface area contributed by atoms with Crippen molar-refractivity contribution in [2.75, 3.05) is 6.61 Å². The summed E-state index contributed by atoms with van der Waals surface area (Å²) in [4.78, 5) is 7.92. The van der Waals surface area contributed by atoms with Gasteiger partial charge in [-0.15, -0.1) is 0 Å². The van der Waals surface area contributed by atoms with Crippen molar-refractivity contribution in [1.29, 1.82) is 5.26 Å². The predicted molar refractivity (Wildman–Crippen MR) is 69.0 cm³/mol. The SMILES string of the molecule is CCCOc1ccccc1Oc1nccc(C#N)n1. The van der Waals surface area contributed by atoms with Crippen LogP contribution in [0.15, 0.2) is 36.5 Å². The molecule has 0 aliphatic carbocycles. The fourth-order valence-corrected chi connectivity index (χ4v) is 1.42. The lowest BCUT2D eigenvalue weighted by Gasteiger charge is -2.10. The van der Waals surface area contributed by atoms with E-state index in [1.54, 1.807) is 6.07 Å². The van der Waals surface area contributed by atoms with Crippen molar-refractivity contribution in [3.8, 4) is 23.6 Å². The molecule has 0 bridgehead atoms. The molecule has 0 amide bonds. The number of benzene rings is 1. The molecule has 0 fully saturated rings. The molecule has 0 atom stereocenters. The van der Waals surface area contributed by atoms with Crippen LogP contribution in [-0.4, -0.2) is 16.6 Å². The van der Waals surface area contributed by atoms with Crippen LogP contribution in [0.2, 0.25) is 0 Å². The Morgan fingerprint density at radius 2 is 2.00 bits per heavy atom. The molecule has 1 aromatic carbocycles. The Morgan fingerprint density at radius 1 is 1.21 bits per heavy atom. The van der Waals surface area contributed by atoms with E-state index in [-0.39, 0.29) is 11.7 Å². The van der Waals surface area contributed by atoms with Gasteiger partial charge in [0.15, 0.2) is 11.5 Å². The number of rotatable bonds is 5. The second-order valence-electron chi connectivity index (χ2n) is 3.73. The van der Waals surface area contributed by atoms with Crippen molar-refractivity contribution < 1.29 is 9.47 Å². The van der Waals surface area contributed by atoms with E-state index in [1.165, 1.54) is 12.3 Å². The van der Waals surface area contributed by atoms with E-state index in [1.807, 2.05) is 31.2 Å². The molecule has 0 aliphatic heterocycles. The Hall–Kier alpha value is -2.61. The van der Waals surface area contributed by atoms with Crippen LogP contribution in [0, 0.1) is 11.3 Å². The maximum absolute atomic E-state index is 8.78. The lowest BCUT2D eigenvalue weighted by molar-refractivity contribution is 0.299. The summed E-state index contributed by atoms with van der Waals surface area (Å²) in [6, 6.07) is 10.9. The minimum atomic E-state index is 0.131. The van der Waals surface area contributed by atoms with Crippen LogP contribution < -0.4 is 9.47 Å². The summed E-state index contributed by atoms with van der Waals surface area (Å²) < 4.78 is 11.1. The first-order valence-corrected chi connectivity index (χ1v) is 5.96. The molecular weight excluding hydrogens is 242 g/mol. The highest BCUT2D eigenvalue weighted by molar-refractivity contribution is 5.41. The van der Waals surface area contributed by atoms with Crippen LogP contribution in [0.1, 0.15) is 19.0 Å². The summed E-state index contributed by atoms with van der Waals surface area (Å²) in [6.45, 7) is 2.64. The molecule has 0 aliphatic rings. The third-order valence-electron chi connectivity index (χ3n) is 2.26. The first-order chi connectivity index (χ1) is 9.33. The third-order valence-corrected chi connectivity index (χ3v) is 2.26. The number of hydrogen-bond acceptors (Lipinski definition) is 5. The van der Waals surface area contributed by atoms with Crippen molar-refractivity contribution in [3.05, 3.63) is 42.2 Å². The van der Waals surface area contributed by atoms with E-state index in [0.29, 0.717) is 18.1 Å². The molecule has 1 heterocycles. The number of nitriles is 1. The molecule has 1 aromatic heterocycles. The molecule has 5 nitrogen and oxygen atoms in total. The van der Waals surface area contributed by atoms with Crippen LogP contribution in [0.25, 0.3) is 0 Å². The Bertz CT molecular complexity index is 593. The molecule has 0 saturated carbocycles. The van der Waals surface area contributed by atoms with Gasteiger partial charge in [-0.1, -0.05) is 19.1 Å². The Balaban J connectivity index is 2.20. The number of hydrogen-bond donors (Lipinski definition) is 0. The van der Waals surface area contributed by atoms with E-state index in [2.05, 4.69) is 9.97 Å².